The summed E-state index contributed by atoms with van der Waals surface area (Å²) in [6.07, 6.45) is 3.12. The SMILES string of the molecule is NC(=O)/C=C/c1ccc(-c2cccs2)s1. The maximum Gasteiger partial charge on any atom is 0.241 e. The molecule has 2 heterocycles. The fourth-order valence-electron chi connectivity index (χ4n) is 1.16. The largest absolute Gasteiger partial charge is 0.366 e. The van der Waals surface area contributed by atoms with Crippen LogP contribution in [0.25, 0.3) is 15.8 Å². The second kappa shape index (κ2) is 4.42. The van der Waals surface area contributed by atoms with Gasteiger partial charge in [-0.3, -0.25) is 4.79 Å². The van der Waals surface area contributed by atoms with Crippen molar-refractivity contribution in [2.24, 2.45) is 5.73 Å². The molecular weight excluding hydrogens is 226 g/mol. The maximum atomic E-state index is 10.6. The van der Waals surface area contributed by atoms with E-state index in [1.165, 1.54) is 15.8 Å². The summed E-state index contributed by atoms with van der Waals surface area (Å²) in [5, 5.41) is 2.05. The van der Waals surface area contributed by atoms with Crippen LogP contribution >= 0.6 is 22.7 Å². The highest BCUT2D eigenvalue weighted by molar-refractivity contribution is 7.21. The lowest BCUT2D eigenvalue weighted by molar-refractivity contribution is -0.113. The first kappa shape index (κ1) is 10.1. The Morgan fingerprint density at radius 1 is 1.27 bits per heavy atom. The second-order valence-corrected chi connectivity index (χ2v) is 4.98. The van der Waals surface area contributed by atoms with Gasteiger partial charge >= 0.3 is 0 Å². The van der Waals surface area contributed by atoms with Gasteiger partial charge in [0.05, 0.1) is 0 Å². The first-order chi connectivity index (χ1) is 7.25. The normalized spacial score (nSPS) is 10.9. The van der Waals surface area contributed by atoms with Gasteiger partial charge in [-0.1, -0.05) is 6.07 Å². The van der Waals surface area contributed by atoms with Crippen LogP contribution < -0.4 is 5.73 Å². The molecule has 0 fully saturated rings. The van der Waals surface area contributed by atoms with Gasteiger partial charge in [0.25, 0.3) is 0 Å². The predicted octanol–water partition coefficient (Wildman–Crippen LogP) is 2.98. The minimum Gasteiger partial charge on any atom is -0.366 e. The van der Waals surface area contributed by atoms with E-state index in [1.807, 2.05) is 17.5 Å². The lowest BCUT2D eigenvalue weighted by atomic mass is 10.3. The van der Waals surface area contributed by atoms with Crippen molar-refractivity contribution in [1.29, 1.82) is 0 Å². The van der Waals surface area contributed by atoms with Crippen molar-refractivity contribution in [3.8, 4) is 9.75 Å². The van der Waals surface area contributed by atoms with E-state index >= 15 is 0 Å². The van der Waals surface area contributed by atoms with Gasteiger partial charge in [0, 0.05) is 20.7 Å². The van der Waals surface area contributed by atoms with Gasteiger partial charge in [0.2, 0.25) is 5.91 Å². The molecule has 0 spiro atoms. The summed E-state index contributed by atoms with van der Waals surface area (Å²) in [5.41, 5.74) is 5.02. The van der Waals surface area contributed by atoms with Gasteiger partial charge in [-0.25, -0.2) is 0 Å². The fourth-order valence-corrected chi connectivity index (χ4v) is 2.90. The van der Waals surface area contributed by atoms with E-state index in [0.717, 1.165) is 4.88 Å². The zero-order valence-corrected chi connectivity index (χ0v) is 9.48. The highest BCUT2D eigenvalue weighted by atomic mass is 32.1. The first-order valence-electron chi connectivity index (χ1n) is 4.37. The topological polar surface area (TPSA) is 43.1 Å². The van der Waals surface area contributed by atoms with E-state index in [1.54, 1.807) is 28.7 Å². The number of rotatable bonds is 3. The third-order valence-electron chi connectivity index (χ3n) is 1.80. The van der Waals surface area contributed by atoms with Gasteiger partial charge in [-0.05, 0) is 29.7 Å². The van der Waals surface area contributed by atoms with Crippen LogP contribution in [0.1, 0.15) is 4.88 Å². The van der Waals surface area contributed by atoms with Crippen LogP contribution in [0.2, 0.25) is 0 Å². The number of primary amides is 1. The Hall–Kier alpha value is -1.39. The smallest absolute Gasteiger partial charge is 0.241 e. The molecule has 0 bridgehead atoms. The van der Waals surface area contributed by atoms with Gasteiger partial charge in [-0.2, -0.15) is 0 Å². The molecule has 76 valence electrons. The number of nitrogens with two attached hydrogens (primary N) is 1. The maximum absolute atomic E-state index is 10.6. The summed E-state index contributed by atoms with van der Waals surface area (Å²) < 4.78 is 0. The molecular formula is C11H9NOS2. The third-order valence-corrected chi connectivity index (χ3v) is 3.92. The molecule has 0 saturated heterocycles. The highest BCUT2D eigenvalue weighted by Crippen LogP contribution is 2.31. The Bertz CT molecular complexity index is 482. The molecule has 0 saturated carbocycles. The number of carbonyl (C=O) groups excluding carboxylic acids is 1. The Morgan fingerprint density at radius 3 is 2.80 bits per heavy atom. The molecule has 2 aromatic rings. The van der Waals surface area contributed by atoms with E-state index in [2.05, 4.69) is 12.1 Å². The van der Waals surface area contributed by atoms with E-state index in [0.29, 0.717) is 0 Å². The van der Waals surface area contributed by atoms with Gasteiger partial charge in [0.15, 0.2) is 0 Å². The minimum atomic E-state index is -0.416. The molecule has 4 heteroatoms. The zero-order valence-electron chi connectivity index (χ0n) is 7.84. The lowest BCUT2D eigenvalue weighted by Crippen LogP contribution is -2.04. The van der Waals surface area contributed by atoms with Crippen molar-refractivity contribution in [2.45, 2.75) is 0 Å². The van der Waals surface area contributed by atoms with E-state index in [4.69, 9.17) is 5.73 Å². The monoisotopic (exact) mass is 235 g/mol. The molecule has 0 aromatic carbocycles. The Labute approximate surface area is 95.7 Å². The van der Waals surface area contributed by atoms with Crippen molar-refractivity contribution in [3.63, 3.8) is 0 Å². The van der Waals surface area contributed by atoms with Gasteiger partial charge < -0.3 is 5.73 Å². The Kier molecular flexibility index (Phi) is 2.99. The highest BCUT2D eigenvalue weighted by Gasteiger charge is 2.01. The van der Waals surface area contributed by atoms with E-state index < -0.39 is 5.91 Å². The molecule has 2 nitrogen and oxygen atoms in total. The van der Waals surface area contributed by atoms with Crippen LogP contribution in [0.5, 0.6) is 0 Å². The van der Waals surface area contributed by atoms with Crippen LogP contribution in [0.15, 0.2) is 35.7 Å². The minimum absolute atomic E-state index is 0.416. The van der Waals surface area contributed by atoms with Crippen LogP contribution in [0.4, 0.5) is 0 Å². The quantitative estimate of drug-likeness (QED) is 0.817. The fraction of sp³-hybridized carbons (Fsp3) is 0. The second-order valence-electron chi connectivity index (χ2n) is 2.92. The summed E-state index contributed by atoms with van der Waals surface area (Å²) in [6.45, 7) is 0. The predicted molar refractivity (Wildman–Crippen MR) is 65.9 cm³/mol. The molecule has 2 N–H and O–H groups in total. The Morgan fingerprint density at radius 2 is 2.13 bits per heavy atom. The molecule has 15 heavy (non-hydrogen) atoms. The summed E-state index contributed by atoms with van der Waals surface area (Å²) in [7, 11) is 0. The van der Waals surface area contributed by atoms with Crippen LogP contribution in [-0.4, -0.2) is 5.91 Å². The van der Waals surface area contributed by atoms with Gasteiger partial charge in [0.1, 0.15) is 0 Å². The van der Waals surface area contributed by atoms with Gasteiger partial charge in [-0.15, -0.1) is 22.7 Å². The van der Waals surface area contributed by atoms with E-state index in [-0.39, 0.29) is 0 Å². The third kappa shape index (κ3) is 2.55. The molecule has 0 aliphatic rings. The van der Waals surface area contributed by atoms with Crippen molar-refractivity contribution in [3.05, 3.63) is 40.6 Å². The van der Waals surface area contributed by atoms with Crippen molar-refractivity contribution in [2.75, 3.05) is 0 Å². The summed E-state index contributed by atoms with van der Waals surface area (Å²) in [6, 6.07) is 8.15. The molecule has 0 radical (unpaired) electrons. The number of thiophene rings is 2. The molecule has 0 aliphatic heterocycles. The number of amides is 1. The van der Waals surface area contributed by atoms with Crippen molar-refractivity contribution in [1.82, 2.24) is 0 Å². The van der Waals surface area contributed by atoms with Crippen molar-refractivity contribution < 1.29 is 4.79 Å². The average Bonchev–Trinajstić information content (AvgIpc) is 2.85. The molecule has 2 rings (SSSR count). The molecule has 1 amide bonds. The molecule has 2 aromatic heterocycles. The lowest BCUT2D eigenvalue weighted by Gasteiger charge is -1.87. The summed E-state index contributed by atoms with van der Waals surface area (Å²) in [5.74, 6) is -0.416. The van der Waals surface area contributed by atoms with Crippen molar-refractivity contribution >= 4 is 34.7 Å². The standard InChI is InChI=1S/C11H9NOS2/c12-11(13)6-4-8-3-5-10(15-8)9-2-1-7-14-9/h1-7H,(H2,12,13)/b6-4+. The first-order valence-corrected chi connectivity index (χ1v) is 6.06. The number of carbonyl (C=O) groups is 1. The number of hydrogen-bond acceptors (Lipinski definition) is 3. The zero-order chi connectivity index (χ0) is 10.7. The molecule has 0 atom stereocenters. The van der Waals surface area contributed by atoms with Crippen LogP contribution in [-0.2, 0) is 4.79 Å². The average molecular weight is 235 g/mol. The summed E-state index contributed by atoms with van der Waals surface area (Å²) >= 11 is 3.36. The molecule has 0 aliphatic carbocycles. The summed E-state index contributed by atoms with van der Waals surface area (Å²) in [4.78, 5) is 14.1. The van der Waals surface area contributed by atoms with Crippen LogP contribution in [0, 0.1) is 0 Å². The van der Waals surface area contributed by atoms with Crippen LogP contribution in [0.3, 0.4) is 0 Å². The van der Waals surface area contributed by atoms with E-state index in [9.17, 15) is 4.79 Å². The Balaban J connectivity index is 2.21. The molecule has 0 unspecified atom stereocenters. The number of hydrogen-bond donors (Lipinski definition) is 1.